The van der Waals surface area contributed by atoms with Gasteiger partial charge in [0.1, 0.15) is 0 Å². The maximum absolute atomic E-state index is 11.6. The van der Waals surface area contributed by atoms with E-state index in [1.54, 1.807) is 18.5 Å². The first-order valence-electron chi connectivity index (χ1n) is 5.61. The number of amides is 2. The molecule has 0 aliphatic heterocycles. The van der Waals surface area contributed by atoms with Crippen LogP contribution in [0.1, 0.15) is 11.1 Å². The smallest absolute Gasteiger partial charge is 0.321 e. The minimum absolute atomic E-state index is 0.291. The third-order valence-corrected chi connectivity index (χ3v) is 2.36. The third-order valence-electron chi connectivity index (χ3n) is 2.36. The Kier molecular flexibility index (Phi) is 3.86. The van der Waals surface area contributed by atoms with Gasteiger partial charge in [-0.15, -0.1) is 0 Å². The van der Waals surface area contributed by atoms with Crippen molar-refractivity contribution in [1.82, 2.24) is 15.3 Å². The van der Waals surface area contributed by atoms with Gasteiger partial charge in [0.05, 0.1) is 0 Å². The Balaban J connectivity index is 1.83. The van der Waals surface area contributed by atoms with Gasteiger partial charge in [-0.05, 0) is 18.6 Å². The highest BCUT2D eigenvalue weighted by molar-refractivity contribution is 5.87. The number of aromatic nitrogens is 2. The summed E-state index contributed by atoms with van der Waals surface area (Å²) in [6.07, 6.45) is 3.14. The Labute approximate surface area is 105 Å². The lowest BCUT2D eigenvalue weighted by Gasteiger charge is -2.06. The Morgan fingerprint density at radius 3 is 2.50 bits per heavy atom. The second kappa shape index (κ2) is 5.77. The summed E-state index contributed by atoms with van der Waals surface area (Å²) in [4.78, 5) is 19.4. The Bertz CT molecular complexity index is 510. The van der Waals surface area contributed by atoms with Crippen LogP contribution in [0.2, 0.25) is 0 Å². The van der Waals surface area contributed by atoms with Crippen molar-refractivity contribution in [2.45, 2.75) is 13.5 Å². The number of anilines is 1. The van der Waals surface area contributed by atoms with Crippen LogP contribution in [-0.4, -0.2) is 16.0 Å². The van der Waals surface area contributed by atoms with Gasteiger partial charge in [-0.1, -0.05) is 29.8 Å². The summed E-state index contributed by atoms with van der Waals surface area (Å²) in [6, 6.07) is 9.35. The van der Waals surface area contributed by atoms with E-state index >= 15 is 0 Å². The first-order valence-corrected chi connectivity index (χ1v) is 5.61. The normalized spacial score (nSPS) is 9.83. The van der Waals surface area contributed by atoms with E-state index < -0.39 is 0 Å². The number of aryl methyl sites for hydroxylation is 1. The van der Waals surface area contributed by atoms with Gasteiger partial charge in [0.2, 0.25) is 5.95 Å². The van der Waals surface area contributed by atoms with Gasteiger partial charge in [-0.2, -0.15) is 0 Å². The predicted octanol–water partition coefficient (Wildman–Crippen LogP) is 2.11. The Hall–Kier alpha value is -2.43. The van der Waals surface area contributed by atoms with Gasteiger partial charge in [-0.25, -0.2) is 14.8 Å². The van der Waals surface area contributed by atoms with Crippen molar-refractivity contribution in [2.24, 2.45) is 0 Å². The molecule has 5 nitrogen and oxygen atoms in total. The van der Waals surface area contributed by atoms with Crippen LogP contribution in [0.25, 0.3) is 0 Å². The molecule has 1 heterocycles. The number of nitrogens with zero attached hydrogens (tertiary/aromatic N) is 2. The number of hydrogen-bond acceptors (Lipinski definition) is 3. The molecule has 1 aromatic carbocycles. The zero-order chi connectivity index (χ0) is 12.8. The van der Waals surface area contributed by atoms with Crippen molar-refractivity contribution in [3.8, 4) is 0 Å². The summed E-state index contributed by atoms with van der Waals surface area (Å²) < 4.78 is 0. The molecule has 0 saturated carbocycles. The van der Waals surface area contributed by atoms with Crippen LogP contribution < -0.4 is 10.6 Å². The third kappa shape index (κ3) is 3.55. The molecule has 92 valence electrons. The molecule has 2 rings (SSSR count). The Morgan fingerprint density at radius 1 is 1.17 bits per heavy atom. The summed E-state index contributed by atoms with van der Waals surface area (Å²) in [5, 5.41) is 5.29. The van der Waals surface area contributed by atoms with Crippen molar-refractivity contribution in [1.29, 1.82) is 0 Å². The zero-order valence-electron chi connectivity index (χ0n) is 10.1. The number of carbonyl (C=O) groups is 1. The average molecular weight is 242 g/mol. The van der Waals surface area contributed by atoms with Gasteiger partial charge in [-0.3, -0.25) is 5.32 Å². The largest absolute Gasteiger partial charge is 0.334 e. The van der Waals surface area contributed by atoms with E-state index in [1.807, 2.05) is 31.2 Å². The van der Waals surface area contributed by atoms with Gasteiger partial charge in [0, 0.05) is 18.9 Å². The van der Waals surface area contributed by atoms with Crippen molar-refractivity contribution in [3.05, 3.63) is 53.9 Å². The molecule has 0 aliphatic rings. The Morgan fingerprint density at radius 2 is 1.83 bits per heavy atom. The zero-order valence-corrected chi connectivity index (χ0v) is 10.1. The standard InChI is InChI=1S/C13H14N4O/c1-10-3-5-11(6-4-10)9-16-13(18)17-12-14-7-2-8-15-12/h2-8H,9H2,1H3,(H2,14,15,16,17,18). The molecule has 0 saturated heterocycles. The molecule has 0 unspecified atom stereocenters. The van der Waals surface area contributed by atoms with Gasteiger partial charge in [0.25, 0.3) is 0 Å². The predicted molar refractivity (Wildman–Crippen MR) is 69.1 cm³/mol. The van der Waals surface area contributed by atoms with Crippen LogP contribution in [0.5, 0.6) is 0 Å². The van der Waals surface area contributed by atoms with Crippen molar-refractivity contribution in [3.63, 3.8) is 0 Å². The second-order valence-corrected chi connectivity index (χ2v) is 3.87. The molecule has 18 heavy (non-hydrogen) atoms. The lowest BCUT2D eigenvalue weighted by molar-refractivity contribution is 0.251. The monoisotopic (exact) mass is 242 g/mol. The molecule has 0 aliphatic carbocycles. The highest BCUT2D eigenvalue weighted by atomic mass is 16.2. The van der Waals surface area contributed by atoms with E-state index in [1.165, 1.54) is 5.56 Å². The van der Waals surface area contributed by atoms with Gasteiger partial charge >= 0.3 is 6.03 Å². The van der Waals surface area contributed by atoms with E-state index in [9.17, 15) is 4.79 Å². The van der Waals surface area contributed by atoms with Crippen LogP contribution in [0, 0.1) is 6.92 Å². The summed E-state index contributed by atoms with van der Waals surface area (Å²) in [7, 11) is 0. The first kappa shape index (κ1) is 12.0. The lowest BCUT2D eigenvalue weighted by atomic mass is 10.1. The molecule has 2 N–H and O–H groups in total. The van der Waals surface area contributed by atoms with E-state index in [-0.39, 0.29) is 6.03 Å². The highest BCUT2D eigenvalue weighted by Crippen LogP contribution is 2.02. The number of hydrogen-bond donors (Lipinski definition) is 2. The fourth-order valence-electron chi connectivity index (χ4n) is 1.40. The summed E-state index contributed by atoms with van der Waals surface area (Å²) in [6.45, 7) is 2.50. The topological polar surface area (TPSA) is 66.9 Å². The number of rotatable bonds is 3. The van der Waals surface area contributed by atoms with E-state index in [0.717, 1.165) is 5.56 Å². The minimum Gasteiger partial charge on any atom is -0.334 e. The van der Waals surface area contributed by atoms with Crippen LogP contribution in [0.4, 0.5) is 10.7 Å². The van der Waals surface area contributed by atoms with E-state index in [2.05, 4.69) is 20.6 Å². The molecule has 0 bridgehead atoms. The summed E-state index contributed by atoms with van der Waals surface area (Å²) in [5.74, 6) is 0.291. The van der Waals surface area contributed by atoms with E-state index in [0.29, 0.717) is 12.5 Å². The molecular weight excluding hydrogens is 228 g/mol. The molecule has 1 aromatic heterocycles. The highest BCUT2D eigenvalue weighted by Gasteiger charge is 2.02. The molecule has 0 spiro atoms. The van der Waals surface area contributed by atoms with Crippen molar-refractivity contribution < 1.29 is 4.79 Å². The molecule has 0 radical (unpaired) electrons. The molecule has 0 fully saturated rings. The molecule has 5 heteroatoms. The molecule has 0 atom stereocenters. The van der Waals surface area contributed by atoms with Crippen LogP contribution in [-0.2, 0) is 6.54 Å². The average Bonchev–Trinajstić information content (AvgIpc) is 2.39. The minimum atomic E-state index is -0.318. The van der Waals surface area contributed by atoms with Crippen LogP contribution >= 0.6 is 0 Å². The van der Waals surface area contributed by atoms with Crippen LogP contribution in [0.15, 0.2) is 42.7 Å². The van der Waals surface area contributed by atoms with Gasteiger partial charge < -0.3 is 5.32 Å². The number of urea groups is 1. The van der Waals surface area contributed by atoms with Gasteiger partial charge in [0.15, 0.2) is 0 Å². The quantitative estimate of drug-likeness (QED) is 0.866. The number of nitrogens with one attached hydrogen (secondary N) is 2. The summed E-state index contributed by atoms with van der Waals surface area (Å²) in [5.41, 5.74) is 2.24. The van der Waals surface area contributed by atoms with Crippen molar-refractivity contribution >= 4 is 12.0 Å². The second-order valence-electron chi connectivity index (χ2n) is 3.87. The number of benzene rings is 1. The fourth-order valence-corrected chi connectivity index (χ4v) is 1.40. The van der Waals surface area contributed by atoms with Crippen molar-refractivity contribution in [2.75, 3.05) is 5.32 Å². The van der Waals surface area contributed by atoms with Crippen LogP contribution in [0.3, 0.4) is 0 Å². The maximum Gasteiger partial charge on any atom is 0.321 e. The molecular formula is C13H14N4O. The molecule has 2 amide bonds. The first-order chi connectivity index (χ1) is 8.74. The summed E-state index contributed by atoms with van der Waals surface area (Å²) >= 11 is 0. The fraction of sp³-hybridized carbons (Fsp3) is 0.154. The maximum atomic E-state index is 11.6. The lowest BCUT2D eigenvalue weighted by Crippen LogP contribution is -2.28. The van der Waals surface area contributed by atoms with E-state index in [4.69, 9.17) is 0 Å². The molecule has 2 aromatic rings. The number of carbonyl (C=O) groups excluding carboxylic acids is 1. The SMILES string of the molecule is Cc1ccc(CNC(=O)Nc2ncccn2)cc1.